The van der Waals surface area contributed by atoms with Crippen molar-refractivity contribution in [2.24, 2.45) is 0 Å². The molecule has 0 aliphatic carbocycles. The van der Waals surface area contributed by atoms with Crippen molar-refractivity contribution in [2.75, 3.05) is 30.9 Å². The van der Waals surface area contributed by atoms with Crippen LogP contribution in [0.2, 0.25) is 0 Å². The molecule has 2 aromatic carbocycles. The van der Waals surface area contributed by atoms with Gasteiger partial charge >= 0.3 is 0 Å². The van der Waals surface area contributed by atoms with E-state index in [1.54, 1.807) is 0 Å². The van der Waals surface area contributed by atoms with Crippen LogP contribution in [0, 0.1) is 0 Å². The van der Waals surface area contributed by atoms with Gasteiger partial charge in [0.1, 0.15) is 5.75 Å². The normalized spacial score (nSPS) is 10.2. The topological polar surface area (TPSA) is 24.5 Å². The molecule has 3 heteroatoms. The Kier molecular flexibility index (Phi) is 5.50. The fourth-order valence-corrected chi connectivity index (χ4v) is 2.00. The summed E-state index contributed by atoms with van der Waals surface area (Å²) in [5.74, 6) is 0.941. The first-order valence-corrected chi connectivity index (χ1v) is 7.42. The lowest BCUT2D eigenvalue weighted by molar-refractivity contribution is 0.317. The maximum atomic E-state index is 5.58. The van der Waals surface area contributed by atoms with E-state index >= 15 is 0 Å². The number of nitrogens with one attached hydrogen (secondary N) is 1. The number of ether oxygens (including phenoxy) is 1. The quantitative estimate of drug-likeness (QED) is 0.826. The third-order valence-electron chi connectivity index (χ3n) is 3.28. The molecule has 0 unspecified atom stereocenters. The number of nitrogens with zero attached hydrogens (tertiary/aromatic N) is 1. The number of benzene rings is 2. The molecule has 1 N–H and O–H groups in total. The Morgan fingerprint density at radius 2 is 1.62 bits per heavy atom. The van der Waals surface area contributed by atoms with Gasteiger partial charge in [0.2, 0.25) is 0 Å². The summed E-state index contributed by atoms with van der Waals surface area (Å²) in [5, 5.41) is 3.43. The van der Waals surface area contributed by atoms with Crippen molar-refractivity contribution in [3.8, 4) is 5.75 Å². The number of rotatable bonds is 7. The van der Waals surface area contributed by atoms with Gasteiger partial charge in [-0.1, -0.05) is 19.1 Å². The molecule has 2 aromatic rings. The van der Waals surface area contributed by atoms with Gasteiger partial charge in [0.25, 0.3) is 0 Å². The zero-order valence-corrected chi connectivity index (χ0v) is 13.1. The van der Waals surface area contributed by atoms with E-state index < -0.39 is 0 Å². The Balaban J connectivity index is 1.87. The van der Waals surface area contributed by atoms with E-state index in [9.17, 15) is 0 Å². The first kappa shape index (κ1) is 15.2. The fraction of sp³-hybridized carbons (Fsp3) is 0.333. The lowest BCUT2D eigenvalue weighted by Crippen LogP contribution is -2.08. The van der Waals surface area contributed by atoms with Crippen molar-refractivity contribution >= 4 is 11.4 Å². The molecule has 3 nitrogen and oxygen atoms in total. The van der Waals surface area contributed by atoms with Crippen molar-refractivity contribution in [1.29, 1.82) is 0 Å². The van der Waals surface area contributed by atoms with Crippen molar-refractivity contribution in [1.82, 2.24) is 0 Å². The molecule has 0 saturated carbocycles. The maximum absolute atomic E-state index is 5.58. The summed E-state index contributed by atoms with van der Waals surface area (Å²) >= 11 is 0. The van der Waals surface area contributed by atoms with E-state index in [1.165, 1.54) is 11.3 Å². The number of hydrogen-bond donors (Lipinski definition) is 1. The lowest BCUT2D eigenvalue weighted by Gasteiger charge is -2.13. The van der Waals surface area contributed by atoms with Gasteiger partial charge in [-0.3, -0.25) is 0 Å². The van der Waals surface area contributed by atoms with Crippen LogP contribution in [0.3, 0.4) is 0 Å². The van der Waals surface area contributed by atoms with Crippen LogP contribution in [-0.4, -0.2) is 20.7 Å². The van der Waals surface area contributed by atoms with Gasteiger partial charge < -0.3 is 15.0 Å². The molecule has 0 aliphatic heterocycles. The van der Waals surface area contributed by atoms with E-state index in [0.29, 0.717) is 0 Å². The van der Waals surface area contributed by atoms with Crippen LogP contribution in [-0.2, 0) is 6.54 Å². The first-order chi connectivity index (χ1) is 10.2. The van der Waals surface area contributed by atoms with Gasteiger partial charge in [-0.15, -0.1) is 0 Å². The van der Waals surface area contributed by atoms with Crippen molar-refractivity contribution in [2.45, 2.75) is 19.9 Å². The van der Waals surface area contributed by atoms with Crippen LogP contribution in [0.1, 0.15) is 18.9 Å². The summed E-state index contributed by atoms with van der Waals surface area (Å²) in [5.41, 5.74) is 3.58. The smallest absolute Gasteiger partial charge is 0.119 e. The fourth-order valence-electron chi connectivity index (χ4n) is 2.00. The standard InChI is InChI=1S/C18H24N2O/c1-4-13-21-18-11-5-15(6-12-18)14-19-16-7-9-17(10-8-16)20(2)3/h5-12,19H,4,13-14H2,1-3H3. The van der Waals surface area contributed by atoms with Crippen LogP contribution in [0.25, 0.3) is 0 Å². The van der Waals surface area contributed by atoms with Crippen LogP contribution in [0.5, 0.6) is 5.75 Å². The molecular formula is C18H24N2O. The van der Waals surface area contributed by atoms with E-state index in [2.05, 4.69) is 53.5 Å². The van der Waals surface area contributed by atoms with Gasteiger partial charge in [-0.2, -0.15) is 0 Å². The molecule has 0 fully saturated rings. The molecular weight excluding hydrogens is 260 g/mol. The predicted molar refractivity (Wildman–Crippen MR) is 90.3 cm³/mol. The average Bonchev–Trinajstić information content (AvgIpc) is 2.52. The third kappa shape index (κ3) is 4.71. The maximum Gasteiger partial charge on any atom is 0.119 e. The summed E-state index contributed by atoms with van der Waals surface area (Å²) < 4.78 is 5.58. The zero-order valence-electron chi connectivity index (χ0n) is 13.1. The number of hydrogen-bond acceptors (Lipinski definition) is 3. The molecule has 21 heavy (non-hydrogen) atoms. The van der Waals surface area contributed by atoms with Crippen molar-refractivity contribution in [3.05, 3.63) is 54.1 Å². The second-order valence-corrected chi connectivity index (χ2v) is 5.29. The van der Waals surface area contributed by atoms with Crippen molar-refractivity contribution < 1.29 is 4.74 Å². The van der Waals surface area contributed by atoms with E-state index in [4.69, 9.17) is 4.74 Å². The Morgan fingerprint density at radius 1 is 0.952 bits per heavy atom. The summed E-state index contributed by atoms with van der Waals surface area (Å²) in [6.45, 7) is 3.70. The van der Waals surface area contributed by atoms with Crippen LogP contribution in [0.15, 0.2) is 48.5 Å². The SMILES string of the molecule is CCCOc1ccc(CNc2ccc(N(C)C)cc2)cc1. The molecule has 0 saturated heterocycles. The Morgan fingerprint density at radius 3 is 2.19 bits per heavy atom. The highest BCUT2D eigenvalue weighted by atomic mass is 16.5. The van der Waals surface area contributed by atoms with Gasteiger partial charge in [-0.05, 0) is 48.4 Å². The highest BCUT2D eigenvalue weighted by Gasteiger charge is 1.98. The highest BCUT2D eigenvalue weighted by molar-refractivity contribution is 5.54. The molecule has 0 atom stereocenters. The van der Waals surface area contributed by atoms with E-state index in [0.717, 1.165) is 31.0 Å². The molecule has 0 aliphatic rings. The van der Waals surface area contributed by atoms with Gasteiger partial charge in [0.15, 0.2) is 0 Å². The molecule has 0 aromatic heterocycles. The van der Waals surface area contributed by atoms with Gasteiger partial charge in [0.05, 0.1) is 6.61 Å². The van der Waals surface area contributed by atoms with Crippen LogP contribution in [0.4, 0.5) is 11.4 Å². The molecule has 0 bridgehead atoms. The minimum Gasteiger partial charge on any atom is -0.494 e. The van der Waals surface area contributed by atoms with E-state index in [1.807, 2.05) is 26.2 Å². The summed E-state index contributed by atoms with van der Waals surface area (Å²) in [4.78, 5) is 2.10. The predicted octanol–water partition coefficient (Wildman–Crippen LogP) is 4.15. The van der Waals surface area contributed by atoms with Crippen LogP contribution < -0.4 is 15.0 Å². The second-order valence-electron chi connectivity index (χ2n) is 5.29. The lowest BCUT2D eigenvalue weighted by atomic mass is 10.2. The molecule has 2 rings (SSSR count). The van der Waals surface area contributed by atoms with Gasteiger partial charge in [-0.25, -0.2) is 0 Å². The molecule has 112 valence electrons. The Labute approximate surface area is 127 Å². The molecule has 0 heterocycles. The average molecular weight is 284 g/mol. The Bertz CT molecular complexity index is 532. The van der Waals surface area contributed by atoms with Crippen molar-refractivity contribution in [3.63, 3.8) is 0 Å². The zero-order chi connectivity index (χ0) is 15.1. The second kappa shape index (κ2) is 7.58. The molecule has 0 amide bonds. The van der Waals surface area contributed by atoms with Gasteiger partial charge in [0, 0.05) is 32.0 Å². The van der Waals surface area contributed by atoms with E-state index in [-0.39, 0.29) is 0 Å². The monoisotopic (exact) mass is 284 g/mol. The highest BCUT2D eigenvalue weighted by Crippen LogP contribution is 2.17. The summed E-state index contributed by atoms with van der Waals surface area (Å²) in [6, 6.07) is 16.7. The third-order valence-corrected chi connectivity index (χ3v) is 3.28. The number of anilines is 2. The molecule has 0 spiro atoms. The first-order valence-electron chi connectivity index (χ1n) is 7.42. The van der Waals surface area contributed by atoms with Crippen LogP contribution >= 0.6 is 0 Å². The minimum atomic E-state index is 0.774. The Hall–Kier alpha value is -2.16. The summed E-state index contributed by atoms with van der Waals surface area (Å²) in [6.07, 6.45) is 1.03. The molecule has 0 radical (unpaired) electrons. The largest absolute Gasteiger partial charge is 0.494 e. The minimum absolute atomic E-state index is 0.774. The summed E-state index contributed by atoms with van der Waals surface area (Å²) in [7, 11) is 4.09.